The SMILES string of the molecule is O=P(Oc1ccc2[nH]cc(Br)c2c1Cl)(Oc1ccc2[nH]cc(Br)c2c1Cl)Oc1ccc2[nH]cc(Br)c2c1Cl. The van der Waals surface area contributed by atoms with Crippen molar-refractivity contribution in [2.24, 2.45) is 0 Å². The second-order valence-electron chi connectivity index (χ2n) is 8.03. The lowest BCUT2D eigenvalue weighted by Crippen LogP contribution is -2.08. The van der Waals surface area contributed by atoms with Crippen molar-refractivity contribution in [1.29, 1.82) is 0 Å². The molecule has 0 aliphatic heterocycles. The van der Waals surface area contributed by atoms with Gasteiger partial charge in [0, 0.05) is 64.7 Å². The average molecular weight is 783 g/mol. The highest BCUT2D eigenvalue weighted by molar-refractivity contribution is 9.11. The van der Waals surface area contributed by atoms with Crippen molar-refractivity contribution in [1.82, 2.24) is 15.0 Å². The first-order valence-electron chi connectivity index (χ1n) is 10.7. The Morgan fingerprint density at radius 3 is 1.13 bits per heavy atom. The minimum atomic E-state index is -4.52. The number of benzene rings is 3. The molecule has 38 heavy (non-hydrogen) atoms. The molecule has 194 valence electrons. The summed E-state index contributed by atoms with van der Waals surface area (Å²) in [4.78, 5) is 9.25. The third-order valence-electron chi connectivity index (χ3n) is 5.73. The van der Waals surface area contributed by atoms with Gasteiger partial charge in [0.05, 0.1) is 15.1 Å². The maximum absolute atomic E-state index is 14.4. The molecule has 0 atom stereocenters. The lowest BCUT2D eigenvalue weighted by molar-refractivity contribution is 0.299. The van der Waals surface area contributed by atoms with Gasteiger partial charge in [0.2, 0.25) is 0 Å². The molecular formula is C24H12Br3Cl3N3O4P. The van der Waals surface area contributed by atoms with Crippen LogP contribution < -0.4 is 13.6 Å². The van der Waals surface area contributed by atoms with Crippen molar-refractivity contribution >= 4 is 123 Å². The van der Waals surface area contributed by atoms with Gasteiger partial charge >= 0.3 is 7.82 Å². The number of nitrogens with one attached hydrogen (secondary N) is 3. The largest absolute Gasteiger partial charge is 0.647 e. The molecule has 0 aliphatic rings. The fourth-order valence-electron chi connectivity index (χ4n) is 4.00. The van der Waals surface area contributed by atoms with Crippen molar-refractivity contribution < 1.29 is 18.1 Å². The highest BCUT2D eigenvalue weighted by atomic mass is 79.9. The van der Waals surface area contributed by atoms with Gasteiger partial charge in [0.1, 0.15) is 0 Å². The van der Waals surface area contributed by atoms with Gasteiger partial charge < -0.3 is 28.5 Å². The zero-order valence-corrected chi connectivity index (χ0v) is 26.5. The monoisotopic (exact) mass is 779 g/mol. The van der Waals surface area contributed by atoms with E-state index in [4.69, 9.17) is 48.4 Å². The molecular weight excluding hydrogens is 771 g/mol. The molecule has 0 bridgehead atoms. The highest BCUT2D eigenvalue weighted by Crippen LogP contribution is 2.55. The van der Waals surface area contributed by atoms with E-state index >= 15 is 0 Å². The normalized spacial score (nSPS) is 12.1. The first-order valence-corrected chi connectivity index (χ1v) is 15.7. The predicted molar refractivity (Wildman–Crippen MR) is 163 cm³/mol. The number of aromatic amines is 3. The van der Waals surface area contributed by atoms with E-state index in [0.717, 1.165) is 16.6 Å². The van der Waals surface area contributed by atoms with Gasteiger partial charge in [-0.25, -0.2) is 0 Å². The van der Waals surface area contributed by atoms with E-state index in [1.165, 1.54) is 0 Å². The van der Waals surface area contributed by atoms with Gasteiger partial charge in [0.15, 0.2) is 17.2 Å². The zero-order chi connectivity index (χ0) is 26.8. The molecule has 0 aliphatic carbocycles. The average Bonchev–Trinajstić information content (AvgIpc) is 3.57. The fraction of sp³-hybridized carbons (Fsp3) is 0. The molecule has 0 amide bonds. The van der Waals surface area contributed by atoms with Crippen LogP contribution in [0, 0.1) is 0 Å². The van der Waals surface area contributed by atoms with E-state index < -0.39 is 7.82 Å². The lowest BCUT2D eigenvalue weighted by atomic mass is 10.2. The summed E-state index contributed by atoms with van der Waals surface area (Å²) in [6, 6.07) is 9.89. The number of hydrogen-bond donors (Lipinski definition) is 3. The minimum absolute atomic E-state index is 0.0721. The molecule has 0 saturated carbocycles. The lowest BCUT2D eigenvalue weighted by Gasteiger charge is -2.21. The number of phosphoric ester groups is 1. The van der Waals surface area contributed by atoms with Crippen LogP contribution in [0.4, 0.5) is 0 Å². The van der Waals surface area contributed by atoms with Crippen LogP contribution >= 0.6 is 90.4 Å². The third kappa shape index (κ3) is 4.54. The number of aromatic nitrogens is 3. The second kappa shape index (κ2) is 10.0. The Bertz CT molecular complexity index is 1720. The smallest absolute Gasteiger partial charge is 0.384 e. The number of H-pyrrole nitrogens is 3. The maximum atomic E-state index is 14.4. The van der Waals surface area contributed by atoms with E-state index in [2.05, 4.69) is 62.7 Å². The van der Waals surface area contributed by atoms with E-state index in [1.807, 2.05) is 0 Å². The van der Waals surface area contributed by atoms with Crippen LogP contribution in [0.5, 0.6) is 17.2 Å². The molecule has 6 rings (SSSR count). The summed E-state index contributed by atoms with van der Waals surface area (Å²) in [7, 11) is -4.52. The van der Waals surface area contributed by atoms with Gasteiger partial charge in [0.25, 0.3) is 0 Å². The van der Waals surface area contributed by atoms with Crippen LogP contribution in [-0.2, 0) is 4.57 Å². The van der Waals surface area contributed by atoms with Crippen LogP contribution in [0.1, 0.15) is 0 Å². The van der Waals surface area contributed by atoms with Gasteiger partial charge in [-0.1, -0.05) is 34.8 Å². The second-order valence-corrected chi connectivity index (χ2v) is 13.2. The van der Waals surface area contributed by atoms with Crippen LogP contribution in [0.3, 0.4) is 0 Å². The number of hydrogen-bond acceptors (Lipinski definition) is 4. The van der Waals surface area contributed by atoms with E-state index in [9.17, 15) is 4.57 Å². The summed E-state index contributed by atoms with van der Waals surface area (Å²) in [5, 5.41) is 2.53. The van der Waals surface area contributed by atoms with Gasteiger partial charge in [-0.3, -0.25) is 0 Å². The van der Waals surface area contributed by atoms with Crippen molar-refractivity contribution in [3.05, 3.63) is 83.5 Å². The van der Waals surface area contributed by atoms with E-state index in [0.29, 0.717) is 29.6 Å². The molecule has 0 saturated heterocycles. The fourth-order valence-corrected chi connectivity index (χ4v) is 8.29. The van der Waals surface area contributed by atoms with Gasteiger partial charge in [-0.2, -0.15) is 4.57 Å². The van der Waals surface area contributed by atoms with Gasteiger partial charge in [-0.05, 0) is 84.2 Å². The predicted octanol–water partition coefficient (Wildman–Crippen LogP) is 11.0. The third-order valence-corrected chi connectivity index (χ3v) is 9.99. The zero-order valence-electron chi connectivity index (χ0n) is 18.5. The van der Waals surface area contributed by atoms with Crippen LogP contribution in [0.2, 0.25) is 15.1 Å². The van der Waals surface area contributed by atoms with Crippen LogP contribution in [-0.4, -0.2) is 15.0 Å². The first-order chi connectivity index (χ1) is 18.1. The Morgan fingerprint density at radius 2 is 0.842 bits per heavy atom. The first kappa shape index (κ1) is 26.4. The Balaban J connectivity index is 1.47. The molecule has 3 N–H and O–H groups in total. The summed E-state index contributed by atoms with van der Waals surface area (Å²) in [5.41, 5.74) is 2.26. The van der Waals surface area contributed by atoms with Crippen molar-refractivity contribution in [2.75, 3.05) is 0 Å². The Hall–Kier alpha value is -1.78. The maximum Gasteiger partial charge on any atom is 0.647 e. The van der Waals surface area contributed by atoms with Gasteiger partial charge in [-0.15, -0.1) is 0 Å². The highest BCUT2D eigenvalue weighted by Gasteiger charge is 2.36. The molecule has 0 fully saturated rings. The molecule has 3 heterocycles. The van der Waals surface area contributed by atoms with E-state index in [1.54, 1.807) is 55.0 Å². The Labute approximate surface area is 255 Å². The molecule has 3 aromatic heterocycles. The number of rotatable bonds is 6. The van der Waals surface area contributed by atoms with Crippen molar-refractivity contribution in [3.8, 4) is 17.2 Å². The summed E-state index contributed by atoms with van der Waals surface area (Å²) < 4.78 is 34.2. The molecule has 14 heteroatoms. The summed E-state index contributed by atoms with van der Waals surface area (Å²) in [5.74, 6) is 0.216. The van der Waals surface area contributed by atoms with Crippen molar-refractivity contribution in [3.63, 3.8) is 0 Å². The van der Waals surface area contributed by atoms with Crippen LogP contribution in [0.15, 0.2) is 68.4 Å². The Kier molecular flexibility index (Phi) is 6.96. The minimum Gasteiger partial charge on any atom is -0.384 e. The van der Waals surface area contributed by atoms with Crippen LogP contribution in [0.25, 0.3) is 32.7 Å². The molecule has 0 unspecified atom stereocenters. The molecule has 7 nitrogen and oxygen atoms in total. The number of halogens is 6. The summed E-state index contributed by atoms with van der Waals surface area (Å²) in [6.45, 7) is 0. The van der Waals surface area contributed by atoms with E-state index in [-0.39, 0.29) is 32.3 Å². The summed E-state index contributed by atoms with van der Waals surface area (Å²) >= 11 is 30.3. The summed E-state index contributed by atoms with van der Waals surface area (Å²) in [6.07, 6.45) is 5.21. The number of fused-ring (bicyclic) bond motifs is 3. The number of phosphoric acid groups is 1. The molecule has 0 radical (unpaired) electrons. The Morgan fingerprint density at radius 1 is 0.553 bits per heavy atom. The molecule has 3 aromatic carbocycles. The standard InChI is InChI=1S/C24H12Br3Cl3N3O4P/c25-10-7-31-13-1-4-16(22(28)19(10)13)35-38(34,36-17-5-2-14-20(23(17)29)11(26)8-32-14)37-18-6-3-15-21(24(18)30)12(27)9-33-15/h1-9,31-33H. The van der Waals surface area contributed by atoms with Crippen molar-refractivity contribution in [2.45, 2.75) is 0 Å². The molecule has 6 aromatic rings. The molecule has 0 spiro atoms. The quantitative estimate of drug-likeness (QED) is 0.147. The topological polar surface area (TPSA) is 92.1 Å².